The van der Waals surface area contributed by atoms with E-state index in [1.165, 1.54) is 16.8 Å². The number of ether oxygens (including phenoxy) is 4. The van der Waals surface area contributed by atoms with Crippen molar-refractivity contribution >= 4 is 34.9 Å². The van der Waals surface area contributed by atoms with Crippen LogP contribution < -0.4 is 30.3 Å². The number of methoxy groups -OCH3 is 2. The zero-order chi connectivity index (χ0) is 47.9. The summed E-state index contributed by atoms with van der Waals surface area (Å²) in [4.78, 5) is 30.7. The smallest absolute Gasteiger partial charge is 0.330 e. The number of aromatic amines is 1. The van der Waals surface area contributed by atoms with Crippen LogP contribution in [0.1, 0.15) is 50.6 Å². The molecule has 0 unspecified atom stereocenters. The van der Waals surface area contributed by atoms with Gasteiger partial charge in [0.1, 0.15) is 29.3 Å². The standard InChI is InChI=1S/C50H61N6O9PS/c1-9-54(10-2)66(55(11-3)12-4)65-47-43(34-63-50(35-18-14-13-15-19-35,36-24-28-38(61-7)29-25-36)37-26-30-39(62-8)31-27-37)64-48(56-33-32-45(57)51-49(56)58)46(47)52-67(59,60)44-23-17-20-40-41(44)21-16-22-42(40)53(5)6/h13-33,43,46-48,52H,9-12,34H2,1-8H3,(H,51,57,58)/t43-,46-,47-,48-/m1/s1. The molecule has 356 valence electrons. The number of hydrogen-bond donors (Lipinski definition) is 2. The van der Waals surface area contributed by atoms with Gasteiger partial charge in [-0.15, -0.1) is 0 Å². The van der Waals surface area contributed by atoms with E-state index in [1.807, 2.05) is 116 Å². The van der Waals surface area contributed by atoms with E-state index in [4.69, 9.17) is 23.5 Å². The molecule has 0 aliphatic carbocycles. The third-order valence-electron chi connectivity index (χ3n) is 12.2. The van der Waals surface area contributed by atoms with Gasteiger partial charge in [-0.2, -0.15) is 0 Å². The first-order chi connectivity index (χ1) is 32.3. The molecule has 17 heteroatoms. The monoisotopic (exact) mass is 952 g/mol. The molecule has 2 heterocycles. The first-order valence-electron chi connectivity index (χ1n) is 22.5. The van der Waals surface area contributed by atoms with Gasteiger partial charge < -0.3 is 28.4 Å². The summed E-state index contributed by atoms with van der Waals surface area (Å²) >= 11 is 0. The van der Waals surface area contributed by atoms with Gasteiger partial charge in [0.2, 0.25) is 10.0 Å². The Morgan fingerprint density at radius 3 is 1.81 bits per heavy atom. The van der Waals surface area contributed by atoms with E-state index < -0.39 is 59.8 Å². The van der Waals surface area contributed by atoms with Crippen molar-refractivity contribution in [3.05, 3.63) is 165 Å². The normalized spacial score (nSPS) is 17.7. The predicted molar refractivity (Wildman–Crippen MR) is 264 cm³/mol. The molecular formula is C50H61N6O9PS. The third-order valence-corrected chi connectivity index (χ3v) is 16.2. The summed E-state index contributed by atoms with van der Waals surface area (Å²) in [5.74, 6) is 1.31. The van der Waals surface area contributed by atoms with Gasteiger partial charge in [-0.25, -0.2) is 27.3 Å². The van der Waals surface area contributed by atoms with Crippen LogP contribution >= 0.6 is 8.45 Å². The largest absolute Gasteiger partial charge is 0.497 e. The van der Waals surface area contributed by atoms with Crippen LogP contribution in [0.4, 0.5) is 5.69 Å². The fraction of sp³-hybridized carbons (Fsp3) is 0.360. The van der Waals surface area contributed by atoms with E-state index in [0.29, 0.717) is 43.1 Å². The molecule has 0 saturated carbocycles. The summed E-state index contributed by atoms with van der Waals surface area (Å²) in [7, 11) is 1.06. The first-order valence-corrected chi connectivity index (χ1v) is 25.1. The zero-order valence-corrected chi connectivity index (χ0v) is 41.0. The third kappa shape index (κ3) is 10.2. The average Bonchev–Trinajstić information content (AvgIpc) is 3.67. The number of rotatable bonds is 21. The summed E-state index contributed by atoms with van der Waals surface area (Å²) in [6.45, 7) is 10.6. The van der Waals surface area contributed by atoms with Gasteiger partial charge in [0.25, 0.3) is 5.56 Å². The Morgan fingerprint density at radius 2 is 1.27 bits per heavy atom. The lowest BCUT2D eigenvalue weighted by Gasteiger charge is -2.40. The Bertz CT molecular complexity index is 2740. The quantitative estimate of drug-likeness (QED) is 0.0549. The Hall–Kier alpha value is -5.42. The molecule has 0 bridgehead atoms. The lowest BCUT2D eigenvalue weighted by atomic mass is 9.80. The molecule has 2 N–H and O–H groups in total. The first kappa shape index (κ1) is 49.5. The van der Waals surface area contributed by atoms with E-state index >= 15 is 8.42 Å². The number of aromatic nitrogens is 2. The van der Waals surface area contributed by atoms with Crippen LogP contribution in [0.3, 0.4) is 0 Å². The summed E-state index contributed by atoms with van der Waals surface area (Å²) in [5.41, 5.74) is 0.496. The van der Waals surface area contributed by atoms with E-state index in [0.717, 1.165) is 27.8 Å². The number of nitrogens with one attached hydrogen (secondary N) is 2. The maximum atomic E-state index is 15.2. The summed E-state index contributed by atoms with van der Waals surface area (Å²) in [6, 6.07) is 35.7. The van der Waals surface area contributed by atoms with Crippen molar-refractivity contribution in [1.82, 2.24) is 23.6 Å². The van der Waals surface area contributed by atoms with Crippen LogP contribution in [0, 0.1) is 0 Å². The van der Waals surface area contributed by atoms with E-state index in [1.54, 1.807) is 32.4 Å². The Kier molecular flexibility index (Phi) is 16.0. The van der Waals surface area contributed by atoms with Crippen LogP contribution in [0.5, 0.6) is 11.5 Å². The van der Waals surface area contributed by atoms with Crippen LogP contribution in [0.25, 0.3) is 10.8 Å². The molecule has 1 aliphatic rings. The van der Waals surface area contributed by atoms with Crippen molar-refractivity contribution in [1.29, 1.82) is 0 Å². The molecule has 4 atom stereocenters. The van der Waals surface area contributed by atoms with Crippen LogP contribution in [-0.2, 0) is 29.6 Å². The van der Waals surface area contributed by atoms with Crippen molar-refractivity contribution in [3.63, 3.8) is 0 Å². The topological polar surface area (TPSA) is 157 Å². The second kappa shape index (κ2) is 21.7. The van der Waals surface area contributed by atoms with Crippen molar-refractivity contribution < 1.29 is 31.9 Å². The maximum Gasteiger partial charge on any atom is 0.330 e. The summed E-state index contributed by atoms with van der Waals surface area (Å²) in [6.07, 6.45) is -2.09. The maximum absolute atomic E-state index is 15.2. The highest BCUT2D eigenvalue weighted by Crippen LogP contribution is 2.50. The number of H-pyrrole nitrogens is 1. The fourth-order valence-electron chi connectivity index (χ4n) is 8.76. The minimum Gasteiger partial charge on any atom is -0.497 e. The molecule has 6 aromatic rings. The molecule has 1 saturated heterocycles. The Labute approximate surface area is 394 Å². The van der Waals surface area contributed by atoms with Crippen molar-refractivity contribution in [2.75, 3.05) is 66.0 Å². The minimum atomic E-state index is -4.42. The number of nitrogens with zero attached hydrogens (tertiary/aromatic N) is 4. The number of anilines is 1. The van der Waals surface area contributed by atoms with Crippen molar-refractivity contribution in [2.45, 2.75) is 62.7 Å². The molecule has 5 aromatic carbocycles. The minimum absolute atomic E-state index is 0.0385. The predicted octanol–water partition coefficient (Wildman–Crippen LogP) is 7.32. The molecule has 67 heavy (non-hydrogen) atoms. The van der Waals surface area contributed by atoms with E-state index in [9.17, 15) is 9.59 Å². The van der Waals surface area contributed by atoms with Gasteiger partial charge in [0.05, 0.1) is 31.8 Å². The van der Waals surface area contributed by atoms with Crippen LogP contribution in [0.15, 0.2) is 142 Å². The van der Waals surface area contributed by atoms with Gasteiger partial charge in [-0.1, -0.05) is 107 Å². The van der Waals surface area contributed by atoms with Crippen molar-refractivity contribution in [2.24, 2.45) is 0 Å². The highest BCUT2D eigenvalue weighted by Gasteiger charge is 2.52. The second-order valence-electron chi connectivity index (χ2n) is 16.2. The molecule has 7 rings (SSSR count). The molecule has 0 amide bonds. The van der Waals surface area contributed by atoms with E-state index in [2.05, 4.69) is 46.7 Å². The highest BCUT2D eigenvalue weighted by atomic mass is 32.2. The number of benzene rings is 5. The zero-order valence-electron chi connectivity index (χ0n) is 39.3. The number of fused-ring (bicyclic) bond motifs is 1. The Balaban J connectivity index is 1.43. The highest BCUT2D eigenvalue weighted by molar-refractivity contribution is 7.89. The molecular weight excluding hydrogens is 892 g/mol. The SMILES string of the molecule is CCN(CC)P(O[C@H]1[C@@H](NS(=O)(=O)c2cccc3c(N(C)C)cccc23)[C@H](n2ccc(=O)[nH]c2=O)O[C@@H]1COC(c1ccccc1)(c1ccc(OC)cc1)c1ccc(OC)cc1)N(CC)CC. The van der Waals surface area contributed by atoms with Gasteiger partial charge in [-0.05, 0) is 53.1 Å². The van der Waals surface area contributed by atoms with Crippen molar-refractivity contribution in [3.8, 4) is 11.5 Å². The van der Waals surface area contributed by atoms with Gasteiger partial charge in [-0.3, -0.25) is 14.3 Å². The van der Waals surface area contributed by atoms with Gasteiger partial charge in [0, 0.05) is 69.0 Å². The van der Waals surface area contributed by atoms with Gasteiger partial charge >= 0.3 is 5.69 Å². The van der Waals surface area contributed by atoms with Crippen LogP contribution in [0.2, 0.25) is 0 Å². The van der Waals surface area contributed by atoms with Gasteiger partial charge in [0.15, 0.2) is 14.7 Å². The molecule has 15 nitrogen and oxygen atoms in total. The Morgan fingerprint density at radius 1 is 0.716 bits per heavy atom. The second-order valence-corrected chi connectivity index (χ2v) is 19.7. The molecule has 1 aromatic heterocycles. The number of sulfonamides is 1. The lowest BCUT2D eigenvalue weighted by molar-refractivity contribution is -0.0920. The molecule has 1 fully saturated rings. The van der Waals surface area contributed by atoms with E-state index in [-0.39, 0.29) is 11.5 Å². The fourth-order valence-corrected chi connectivity index (χ4v) is 12.3. The lowest BCUT2D eigenvalue weighted by Crippen LogP contribution is -2.50. The average molecular weight is 953 g/mol. The summed E-state index contributed by atoms with van der Waals surface area (Å²) in [5, 5.41) is 1.25. The summed E-state index contributed by atoms with van der Waals surface area (Å²) < 4.78 is 71.8. The molecule has 0 spiro atoms. The van der Waals surface area contributed by atoms with Crippen LogP contribution in [-0.4, -0.2) is 107 Å². The number of hydrogen-bond acceptors (Lipinski definition) is 12. The molecule has 0 radical (unpaired) electrons. The molecule has 1 aliphatic heterocycles.